The molecule has 0 amide bonds. The lowest BCUT2D eigenvalue weighted by Gasteiger charge is -2.39. The molecular formula is C17H26IN5O3. The minimum absolute atomic E-state index is 0. The summed E-state index contributed by atoms with van der Waals surface area (Å²) >= 11 is 0. The number of ether oxygens (including phenoxy) is 2. The Hall–Kier alpha value is -1.62. The molecule has 0 aromatic carbocycles. The Balaban J connectivity index is 0.00000243. The average Bonchev–Trinajstić information content (AvgIpc) is 2.58. The first-order valence-corrected chi connectivity index (χ1v) is 8.64. The van der Waals surface area contributed by atoms with Gasteiger partial charge in [0.15, 0.2) is 5.96 Å². The molecule has 9 heteroatoms. The van der Waals surface area contributed by atoms with Crippen molar-refractivity contribution in [2.24, 2.45) is 10.7 Å². The summed E-state index contributed by atoms with van der Waals surface area (Å²) < 4.78 is 10.5. The number of morpholine rings is 1. The van der Waals surface area contributed by atoms with Gasteiger partial charge < -0.3 is 25.0 Å². The maximum Gasteiger partial charge on any atom is 0.339 e. The highest BCUT2D eigenvalue weighted by Gasteiger charge is 2.29. The molecule has 2 N–H and O–H groups in total. The molecule has 0 aliphatic carbocycles. The van der Waals surface area contributed by atoms with Gasteiger partial charge in [-0.15, -0.1) is 24.0 Å². The van der Waals surface area contributed by atoms with Gasteiger partial charge in [0.05, 0.1) is 30.9 Å². The van der Waals surface area contributed by atoms with E-state index in [0.29, 0.717) is 24.7 Å². The van der Waals surface area contributed by atoms with Crippen LogP contribution in [0.5, 0.6) is 0 Å². The van der Waals surface area contributed by atoms with E-state index < -0.39 is 0 Å². The molecule has 0 saturated carbocycles. The third-order valence-corrected chi connectivity index (χ3v) is 4.33. The monoisotopic (exact) mass is 475 g/mol. The highest BCUT2D eigenvalue weighted by Crippen LogP contribution is 2.21. The molecule has 0 radical (unpaired) electrons. The number of esters is 1. The number of guanidine groups is 1. The fourth-order valence-corrected chi connectivity index (χ4v) is 2.93. The van der Waals surface area contributed by atoms with Gasteiger partial charge in [0, 0.05) is 32.4 Å². The summed E-state index contributed by atoms with van der Waals surface area (Å²) in [5, 5.41) is 0. The van der Waals surface area contributed by atoms with E-state index in [4.69, 9.17) is 15.2 Å². The predicted octanol–water partition coefficient (Wildman–Crippen LogP) is 1.10. The van der Waals surface area contributed by atoms with Gasteiger partial charge in [-0.1, -0.05) is 0 Å². The molecular weight excluding hydrogens is 449 g/mol. The van der Waals surface area contributed by atoms with Crippen LogP contribution < -0.4 is 10.6 Å². The topological polar surface area (TPSA) is 93.3 Å². The summed E-state index contributed by atoms with van der Waals surface area (Å²) in [7, 11) is 0. The van der Waals surface area contributed by atoms with Crippen molar-refractivity contribution >= 4 is 41.7 Å². The van der Waals surface area contributed by atoms with Gasteiger partial charge >= 0.3 is 5.97 Å². The lowest BCUT2D eigenvalue weighted by Crippen LogP contribution is -2.53. The van der Waals surface area contributed by atoms with Gasteiger partial charge in [-0.05, 0) is 26.0 Å². The quantitative estimate of drug-likeness (QED) is 0.302. The molecule has 2 fully saturated rings. The second kappa shape index (κ2) is 9.36. The van der Waals surface area contributed by atoms with Gasteiger partial charge in [0.25, 0.3) is 0 Å². The fraction of sp³-hybridized carbons (Fsp3) is 0.588. The molecule has 26 heavy (non-hydrogen) atoms. The summed E-state index contributed by atoms with van der Waals surface area (Å²) in [6.07, 6.45) is 1.73. The number of hydrogen-bond acceptors (Lipinski definition) is 6. The number of rotatable bonds is 4. The minimum atomic E-state index is -0.347. The van der Waals surface area contributed by atoms with Crippen LogP contribution in [-0.2, 0) is 9.47 Å². The number of carbonyl (C=O) groups is 1. The van der Waals surface area contributed by atoms with Crippen LogP contribution in [0, 0.1) is 0 Å². The minimum Gasteiger partial charge on any atom is -0.462 e. The molecule has 1 unspecified atom stereocenters. The van der Waals surface area contributed by atoms with Crippen LogP contribution in [0.2, 0.25) is 0 Å². The maximum absolute atomic E-state index is 11.6. The number of anilines is 1. The number of nitrogens with two attached hydrogens (primary N) is 1. The molecule has 3 rings (SSSR count). The Bertz CT molecular complexity index is 634. The van der Waals surface area contributed by atoms with Crippen molar-refractivity contribution in [3.8, 4) is 0 Å². The molecule has 0 spiro atoms. The fourth-order valence-electron chi connectivity index (χ4n) is 2.93. The van der Waals surface area contributed by atoms with Crippen LogP contribution in [0.1, 0.15) is 24.2 Å². The zero-order valence-corrected chi connectivity index (χ0v) is 17.5. The van der Waals surface area contributed by atoms with Gasteiger partial charge in [0.1, 0.15) is 5.82 Å². The number of pyridine rings is 1. The third-order valence-electron chi connectivity index (χ3n) is 4.33. The number of halogens is 1. The van der Waals surface area contributed by atoms with Gasteiger partial charge in [-0.25, -0.2) is 14.8 Å². The molecule has 144 valence electrons. The highest BCUT2D eigenvalue weighted by atomic mass is 127. The predicted molar refractivity (Wildman–Crippen MR) is 110 cm³/mol. The van der Waals surface area contributed by atoms with E-state index >= 15 is 0 Å². The first kappa shape index (κ1) is 20.7. The van der Waals surface area contributed by atoms with Crippen molar-refractivity contribution in [2.45, 2.75) is 26.0 Å². The van der Waals surface area contributed by atoms with E-state index in [2.05, 4.69) is 19.8 Å². The van der Waals surface area contributed by atoms with Crippen molar-refractivity contribution in [1.29, 1.82) is 0 Å². The van der Waals surface area contributed by atoms with Gasteiger partial charge in [0.2, 0.25) is 0 Å². The van der Waals surface area contributed by atoms with Crippen LogP contribution in [-0.4, -0.2) is 73.4 Å². The van der Waals surface area contributed by atoms with Crippen LogP contribution >= 0.6 is 24.0 Å². The SMILES string of the molecule is CCOC(=O)c1ccc(N2CC(N=C(N)N3CCOC(C)C3)C2)nc1.I. The van der Waals surface area contributed by atoms with Gasteiger partial charge in [-0.3, -0.25) is 0 Å². The summed E-state index contributed by atoms with van der Waals surface area (Å²) in [6.45, 7) is 7.97. The highest BCUT2D eigenvalue weighted by molar-refractivity contribution is 14.0. The van der Waals surface area contributed by atoms with Crippen molar-refractivity contribution in [3.05, 3.63) is 23.9 Å². The molecule has 3 heterocycles. The van der Waals surface area contributed by atoms with E-state index in [1.165, 1.54) is 0 Å². The van der Waals surface area contributed by atoms with E-state index in [1.807, 2.05) is 13.0 Å². The number of aliphatic imine (C=N–C) groups is 1. The number of nitrogens with zero attached hydrogens (tertiary/aromatic N) is 4. The number of aromatic nitrogens is 1. The normalized spacial score (nSPS) is 21.0. The third kappa shape index (κ3) is 4.97. The summed E-state index contributed by atoms with van der Waals surface area (Å²) in [5.74, 6) is 1.07. The van der Waals surface area contributed by atoms with Crippen LogP contribution in [0.25, 0.3) is 0 Å². The Kier molecular flexibility index (Phi) is 7.44. The van der Waals surface area contributed by atoms with Gasteiger partial charge in [-0.2, -0.15) is 0 Å². The van der Waals surface area contributed by atoms with Crippen molar-refractivity contribution in [1.82, 2.24) is 9.88 Å². The molecule has 2 aliphatic heterocycles. The second-order valence-corrected chi connectivity index (χ2v) is 6.30. The van der Waals surface area contributed by atoms with E-state index in [9.17, 15) is 4.79 Å². The number of hydrogen-bond donors (Lipinski definition) is 1. The van der Waals surface area contributed by atoms with Crippen LogP contribution in [0.4, 0.5) is 5.82 Å². The first-order valence-electron chi connectivity index (χ1n) is 8.64. The molecule has 1 atom stereocenters. The summed E-state index contributed by atoms with van der Waals surface area (Å²) in [5.41, 5.74) is 6.59. The van der Waals surface area contributed by atoms with Crippen molar-refractivity contribution in [3.63, 3.8) is 0 Å². The van der Waals surface area contributed by atoms with Crippen molar-refractivity contribution in [2.75, 3.05) is 44.3 Å². The standard InChI is InChI=1S/C17H25N5O3.HI/c1-3-24-16(23)13-4-5-15(19-8-13)22-10-14(11-22)20-17(18)21-6-7-25-12(2)9-21;/h4-5,8,12,14H,3,6-7,9-11H2,1-2H3,(H2,18,20);1H. The Labute approximate surface area is 170 Å². The summed E-state index contributed by atoms with van der Waals surface area (Å²) in [4.78, 5) is 24.8. The molecule has 1 aromatic rings. The Morgan fingerprint density at radius 1 is 1.42 bits per heavy atom. The molecule has 0 bridgehead atoms. The molecule has 1 aromatic heterocycles. The summed E-state index contributed by atoms with van der Waals surface area (Å²) in [6, 6.07) is 3.74. The zero-order chi connectivity index (χ0) is 17.8. The van der Waals surface area contributed by atoms with Crippen molar-refractivity contribution < 1.29 is 14.3 Å². The Morgan fingerprint density at radius 3 is 2.81 bits per heavy atom. The maximum atomic E-state index is 11.6. The van der Waals surface area contributed by atoms with E-state index in [-0.39, 0.29) is 42.1 Å². The average molecular weight is 475 g/mol. The second-order valence-electron chi connectivity index (χ2n) is 6.30. The lowest BCUT2D eigenvalue weighted by molar-refractivity contribution is 0.00519. The number of carbonyl (C=O) groups excluding carboxylic acids is 1. The van der Waals surface area contributed by atoms with E-state index in [0.717, 1.165) is 32.0 Å². The largest absolute Gasteiger partial charge is 0.462 e. The lowest BCUT2D eigenvalue weighted by atomic mass is 10.1. The molecule has 8 nitrogen and oxygen atoms in total. The smallest absolute Gasteiger partial charge is 0.339 e. The molecule has 2 aliphatic rings. The molecule has 2 saturated heterocycles. The van der Waals surface area contributed by atoms with Crippen LogP contribution in [0.15, 0.2) is 23.3 Å². The Morgan fingerprint density at radius 2 is 2.19 bits per heavy atom. The van der Waals surface area contributed by atoms with Crippen LogP contribution in [0.3, 0.4) is 0 Å². The first-order chi connectivity index (χ1) is 12.1. The van der Waals surface area contributed by atoms with E-state index in [1.54, 1.807) is 19.2 Å². The zero-order valence-electron chi connectivity index (χ0n) is 15.1.